The van der Waals surface area contributed by atoms with E-state index in [1.807, 2.05) is 13.2 Å². The maximum atomic E-state index is 13.2. The molecule has 0 unspecified atom stereocenters. The molecular formula is C17H22BFN2O. The van der Waals surface area contributed by atoms with E-state index < -0.39 is 0 Å². The van der Waals surface area contributed by atoms with E-state index in [1.54, 1.807) is 16.8 Å². The second kappa shape index (κ2) is 4.95. The lowest BCUT2D eigenvalue weighted by Gasteiger charge is -2.34. The summed E-state index contributed by atoms with van der Waals surface area (Å²) in [5.74, 6) is -0.236. The van der Waals surface area contributed by atoms with Gasteiger partial charge in [-0.3, -0.25) is 4.68 Å². The van der Waals surface area contributed by atoms with E-state index in [2.05, 4.69) is 32.8 Å². The molecule has 1 aliphatic heterocycles. The van der Waals surface area contributed by atoms with Gasteiger partial charge in [-0.25, -0.2) is 4.39 Å². The largest absolute Gasteiger partial charge is 0.425 e. The minimum absolute atomic E-state index is 0.0127. The number of hydrogen-bond donors (Lipinski definition) is 0. The summed E-state index contributed by atoms with van der Waals surface area (Å²) in [7, 11) is 1.90. The van der Waals surface area contributed by atoms with Gasteiger partial charge < -0.3 is 4.65 Å². The summed E-state index contributed by atoms with van der Waals surface area (Å²) < 4.78 is 21.3. The molecule has 1 saturated heterocycles. The minimum Gasteiger partial charge on any atom is -0.425 e. The number of halogens is 1. The molecule has 0 atom stereocenters. The first kappa shape index (κ1) is 15.3. The summed E-state index contributed by atoms with van der Waals surface area (Å²) in [6.45, 7) is 8.77. The van der Waals surface area contributed by atoms with Crippen LogP contribution in [0.5, 0.6) is 0 Å². The van der Waals surface area contributed by atoms with Crippen molar-refractivity contribution in [2.45, 2.75) is 39.6 Å². The third kappa shape index (κ3) is 2.47. The first-order chi connectivity index (χ1) is 10.2. The van der Waals surface area contributed by atoms with E-state index in [0.29, 0.717) is 0 Å². The molecule has 22 heavy (non-hydrogen) atoms. The summed E-state index contributed by atoms with van der Waals surface area (Å²) in [5, 5.41) is 4.56. The van der Waals surface area contributed by atoms with E-state index in [4.69, 9.17) is 4.65 Å². The summed E-state index contributed by atoms with van der Waals surface area (Å²) in [4.78, 5) is 0. The molecule has 1 aliphatic rings. The SMILES string of the molecule is Cn1cc(B2CC(C)(C)C(C)(C)O2)c(-c2ccc(F)cc2)n1. The van der Waals surface area contributed by atoms with Crippen molar-refractivity contribution >= 4 is 12.4 Å². The Morgan fingerprint density at radius 1 is 1.18 bits per heavy atom. The van der Waals surface area contributed by atoms with Crippen LogP contribution in [0.25, 0.3) is 11.3 Å². The van der Waals surface area contributed by atoms with Crippen LogP contribution in [0.15, 0.2) is 30.5 Å². The molecule has 116 valence electrons. The second-order valence-corrected chi connectivity index (χ2v) is 7.32. The Balaban J connectivity index is 2.01. The lowest BCUT2D eigenvalue weighted by atomic mass is 9.54. The van der Waals surface area contributed by atoms with Crippen LogP contribution in [0.3, 0.4) is 0 Å². The fourth-order valence-corrected chi connectivity index (χ4v) is 3.01. The number of hydrogen-bond acceptors (Lipinski definition) is 2. The summed E-state index contributed by atoms with van der Waals surface area (Å²) in [6, 6.07) is 6.48. The number of aryl methyl sites for hydroxylation is 1. The molecule has 0 spiro atoms. The maximum absolute atomic E-state index is 13.2. The van der Waals surface area contributed by atoms with E-state index in [1.165, 1.54) is 12.1 Å². The predicted molar refractivity (Wildman–Crippen MR) is 87.7 cm³/mol. The minimum atomic E-state index is -0.236. The molecule has 0 N–H and O–H groups in total. The molecular weight excluding hydrogens is 278 g/mol. The molecule has 1 fully saturated rings. The van der Waals surface area contributed by atoms with Crippen LogP contribution in [0.2, 0.25) is 6.32 Å². The maximum Gasteiger partial charge on any atom is 0.331 e. The molecule has 1 aromatic carbocycles. The summed E-state index contributed by atoms with van der Waals surface area (Å²) in [6.07, 6.45) is 2.96. The lowest BCUT2D eigenvalue weighted by Crippen LogP contribution is -2.36. The topological polar surface area (TPSA) is 27.1 Å². The highest BCUT2D eigenvalue weighted by Gasteiger charge is 2.50. The number of benzene rings is 1. The van der Waals surface area contributed by atoms with Gasteiger partial charge in [0.25, 0.3) is 0 Å². The molecule has 0 saturated carbocycles. The normalized spacial score (nSPS) is 19.6. The summed E-state index contributed by atoms with van der Waals surface area (Å²) in [5.41, 5.74) is 2.78. The average molecular weight is 300 g/mol. The Morgan fingerprint density at radius 2 is 1.82 bits per heavy atom. The van der Waals surface area contributed by atoms with Crippen LogP contribution in [-0.2, 0) is 11.7 Å². The van der Waals surface area contributed by atoms with Gasteiger partial charge in [0.2, 0.25) is 0 Å². The first-order valence-corrected chi connectivity index (χ1v) is 7.67. The van der Waals surface area contributed by atoms with Gasteiger partial charge >= 0.3 is 6.92 Å². The van der Waals surface area contributed by atoms with Gasteiger partial charge in [0.1, 0.15) is 5.82 Å². The molecule has 5 heteroatoms. The van der Waals surface area contributed by atoms with Gasteiger partial charge in [0.05, 0.1) is 11.3 Å². The molecule has 0 bridgehead atoms. The predicted octanol–water partition coefficient (Wildman–Crippen LogP) is 3.26. The van der Waals surface area contributed by atoms with Crippen LogP contribution in [0.1, 0.15) is 27.7 Å². The fourth-order valence-electron chi connectivity index (χ4n) is 3.01. The standard InChI is InChI=1S/C17H22BFN2O/c1-16(2)11-18(22-17(16,3)4)14-10-21(5)20-15(14)12-6-8-13(19)9-7-12/h6-10H,11H2,1-5H3. The number of nitrogens with zero attached hydrogens (tertiary/aromatic N) is 2. The van der Waals surface area contributed by atoms with Crippen LogP contribution < -0.4 is 5.46 Å². The lowest BCUT2D eigenvalue weighted by molar-refractivity contribution is 0.0375. The first-order valence-electron chi connectivity index (χ1n) is 7.67. The average Bonchev–Trinajstić information content (AvgIpc) is 2.89. The van der Waals surface area contributed by atoms with E-state index in [9.17, 15) is 4.39 Å². The van der Waals surface area contributed by atoms with Crippen molar-refractivity contribution in [1.82, 2.24) is 9.78 Å². The van der Waals surface area contributed by atoms with Crippen LogP contribution >= 0.6 is 0 Å². The van der Waals surface area contributed by atoms with Gasteiger partial charge in [-0.1, -0.05) is 13.8 Å². The van der Waals surface area contributed by atoms with Gasteiger partial charge in [0, 0.05) is 18.8 Å². The third-order valence-corrected chi connectivity index (χ3v) is 5.08. The van der Waals surface area contributed by atoms with Crippen molar-refractivity contribution in [3.05, 3.63) is 36.3 Å². The van der Waals surface area contributed by atoms with Crippen molar-refractivity contribution in [1.29, 1.82) is 0 Å². The van der Waals surface area contributed by atoms with Crippen molar-refractivity contribution < 1.29 is 9.04 Å². The Bertz CT molecular complexity index is 675. The van der Waals surface area contributed by atoms with Crippen LogP contribution in [0, 0.1) is 11.2 Å². The Hall–Kier alpha value is -1.62. The Labute approximate surface area is 131 Å². The molecule has 1 aromatic heterocycles. The van der Waals surface area contributed by atoms with Gasteiger partial charge in [-0.05, 0) is 55.3 Å². The molecule has 2 heterocycles. The van der Waals surface area contributed by atoms with E-state index in [0.717, 1.165) is 23.0 Å². The second-order valence-electron chi connectivity index (χ2n) is 7.32. The molecule has 2 aromatic rings. The van der Waals surface area contributed by atoms with Gasteiger partial charge in [-0.15, -0.1) is 0 Å². The van der Waals surface area contributed by atoms with E-state index in [-0.39, 0.29) is 23.7 Å². The van der Waals surface area contributed by atoms with Crippen LogP contribution in [0.4, 0.5) is 4.39 Å². The third-order valence-electron chi connectivity index (χ3n) is 5.08. The molecule has 3 nitrogen and oxygen atoms in total. The monoisotopic (exact) mass is 300 g/mol. The van der Waals surface area contributed by atoms with Crippen molar-refractivity contribution in [3.63, 3.8) is 0 Å². The van der Waals surface area contributed by atoms with Crippen molar-refractivity contribution in [2.24, 2.45) is 12.5 Å². The highest BCUT2D eigenvalue weighted by Crippen LogP contribution is 2.45. The molecule has 3 rings (SSSR count). The smallest absolute Gasteiger partial charge is 0.331 e. The Kier molecular flexibility index (Phi) is 3.44. The van der Waals surface area contributed by atoms with Crippen molar-refractivity contribution in [3.8, 4) is 11.3 Å². The molecule has 0 amide bonds. The van der Waals surface area contributed by atoms with E-state index >= 15 is 0 Å². The zero-order valence-electron chi connectivity index (χ0n) is 13.9. The highest BCUT2D eigenvalue weighted by molar-refractivity contribution is 6.69. The number of aromatic nitrogens is 2. The van der Waals surface area contributed by atoms with Gasteiger partial charge in [-0.2, -0.15) is 5.10 Å². The quantitative estimate of drug-likeness (QED) is 0.796. The Morgan fingerprint density at radius 3 is 2.36 bits per heavy atom. The van der Waals surface area contributed by atoms with Crippen molar-refractivity contribution in [2.75, 3.05) is 0 Å². The number of rotatable bonds is 2. The van der Waals surface area contributed by atoms with Gasteiger partial charge in [0.15, 0.2) is 0 Å². The highest BCUT2D eigenvalue weighted by atomic mass is 19.1. The zero-order valence-corrected chi connectivity index (χ0v) is 13.9. The zero-order chi connectivity index (χ0) is 16.1. The summed E-state index contributed by atoms with van der Waals surface area (Å²) >= 11 is 0. The fraction of sp³-hybridized carbons (Fsp3) is 0.471. The molecule has 0 aliphatic carbocycles. The van der Waals surface area contributed by atoms with Crippen LogP contribution in [-0.4, -0.2) is 22.3 Å². The molecule has 0 radical (unpaired) electrons.